The van der Waals surface area contributed by atoms with Crippen LogP contribution in [-0.4, -0.2) is 47.4 Å². The lowest BCUT2D eigenvalue weighted by Gasteiger charge is -2.45. The van der Waals surface area contributed by atoms with Crippen LogP contribution in [0.15, 0.2) is 0 Å². The first-order chi connectivity index (χ1) is 12.4. The van der Waals surface area contributed by atoms with Crippen LogP contribution in [0.1, 0.15) is 51.9 Å². The molecule has 2 saturated carbocycles. The first-order valence-corrected chi connectivity index (χ1v) is 10.1. The summed E-state index contributed by atoms with van der Waals surface area (Å²) in [5, 5.41) is 5.11. The van der Waals surface area contributed by atoms with Crippen molar-refractivity contribution >= 4 is 30.3 Å². The minimum atomic E-state index is -0.846. The Labute approximate surface area is 166 Å². The third kappa shape index (κ3) is 3.56. The van der Waals surface area contributed by atoms with Gasteiger partial charge in [0.1, 0.15) is 5.54 Å². The molecule has 4 N–H and O–H groups in total. The van der Waals surface area contributed by atoms with Gasteiger partial charge in [0.05, 0.1) is 0 Å². The molecule has 0 aromatic carbocycles. The minimum absolute atomic E-state index is 0. The van der Waals surface area contributed by atoms with Crippen LogP contribution < -0.4 is 16.4 Å². The van der Waals surface area contributed by atoms with Crippen molar-refractivity contribution in [2.24, 2.45) is 29.4 Å². The van der Waals surface area contributed by atoms with E-state index in [1.807, 2.05) is 4.90 Å². The predicted molar refractivity (Wildman–Crippen MR) is 103 cm³/mol. The van der Waals surface area contributed by atoms with E-state index in [4.69, 9.17) is 5.73 Å². The number of carbonyl (C=O) groups excluding carboxylic acids is 3. The van der Waals surface area contributed by atoms with Crippen LogP contribution in [0.3, 0.4) is 0 Å². The van der Waals surface area contributed by atoms with Gasteiger partial charge in [0.2, 0.25) is 5.91 Å². The standard InChI is InChI=1S/C19H30N4O3.ClH/c1-19(17(25)21-18(26)22-19)14-5-7-23(8-6-14)16(24)13-9-11-3-2-4-12(10-13)15(11)20;/h11-15H,2-10,20H2,1H3,(H2,21,22,25,26);1H. The summed E-state index contributed by atoms with van der Waals surface area (Å²) in [5.41, 5.74) is 5.51. The number of imide groups is 1. The second-order valence-corrected chi connectivity index (χ2v) is 8.91. The van der Waals surface area contributed by atoms with Crippen molar-refractivity contribution in [3.63, 3.8) is 0 Å². The Morgan fingerprint density at radius 2 is 1.70 bits per heavy atom. The molecule has 3 atom stereocenters. The van der Waals surface area contributed by atoms with Crippen molar-refractivity contribution < 1.29 is 14.4 Å². The van der Waals surface area contributed by atoms with Crippen LogP contribution in [0, 0.1) is 23.7 Å². The maximum absolute atomic E-state index is 13.1. The Kier molecular flexibility index (Phi) is 5.73. The summed E-state index contributed by atoms with van der Waals surface area (Å²) in [5.74, 6) is 1.22. The maximum atomic E-state index is 13.1. The van der Waals surface area contributed by atoms with Gasteiger partial charge in [0, 0.05) is 25.0 Å². The van der Waals surface area contributed by atoms with Crippen LogP contribution in [0.25, 0.3) is 0 Å². The summed E-state index contributed by atoms with van der Waals surface area (Å²) in [6.07, 6.45) is 6.94. The van der Waals surface area contributed by atoms with Crippen molar-refractivity contribution in [3.8, 4) is 0 Å². The molecule has 3 unspecified atom stereocenters. The van der Waals surface area contributed by atoms with E-state index in [-0.39, 0.29) is 42.1 Å². The van der Waals surface area contributed by atoms with Gasteiger partial charge in [-0.15, -0.1) is 12.4 Å². The zero-order chi connectivity index (χ0) is 18.5. The second kappa shape index (κ2) is 7.59. The molecule has 2 bridgehead atoms. The second-order valence-electron chi connectivity index (χ2n) is 8.91. The number of likely N-dealkylation sites (tertiary alicyclic amines) is 1. The number of piperidine rings is 1. The number of urea groups is 1. The van der Waals surface area contributed by atoms with Gasteiger partial charge in [-0.3, -0.25) is 14.9 Å². The number of nitrogens with two attached hydrogens (primary N) is 1. The molecule has 4 amide bonds. The summed E-state index contributed by atoms with van der Waals surface area (Å²) >= 11 is 0. The summed E-state index contributed by atoms with van der Waals surface area (Å²) in [6.45, 7) is 3.12. The lowest BCUT2D eigenvalue weighted by molar-refractivity contribution is -0.140. The number of carbonyl (C=O) groups is 3. The normalized spacial score (nSPS) is 39.4. The first-order valence-electron chi connectivity index (χ1n) is 10.1. The molecule has 0 aromatic heterocycles. The van der Waals surface area contributed by atoms with Crippen LogP contribution in [0.4, 0.5) is 4.79 Å². The molecule has 8 heteroatoms. The van der Waals surface area contributed by atoms with E-state index in [0.717, 1.165) is 38.5 Å². The molecule has 0 radical (unpaired) electrons. The van der Waals surface area contributed by atoms with Gasteiger partial charge in [0.15, 0.2) is 0 Å². The van der Waals surface area contributed by atoms with E-state index in [0.29, 0.717) is 24.9 Å². The highest BCUT2D eigenvalue weighted by atomic mass is 35.5. The molecule has 2 aliphatic heterocycles. The average molecular weight is 399 g/mol. The SMILES string of the molecule is CC1(C2CCN(C(=O)C3CC4CCCC(C3)C4N)CC2)NC(=O)NC1=O.Cl. The Morgan fingerprint density at radius 1 is 1.11 bits per heavy atom. The van der Waals surface area contributed by atoms with Crippen molar-refractivity contribution in [2.45, 2.75) is 63.5 Å². The van der Waals surface area contributed by atoms with Crippen molar-refractivity contribution in [1.29, 1.82) is 0 Å². The summed E-state index contributed by atoms with van der Waals surface area (Å²) in [4.78, 5) is 38.6. The van der Waals surface area contributed by atoms with Crippen LogP contribution in [0.2, 0.25) is 0 Å². The average Bonchev–Trinajstić information content (AvgIpc) is 2.87. The molecule has 0 spiro atoms. The summed E-state index contributed by atoms with van der Waals surface area (Å²) in [6, 6.07) is -0.135. The van der Waals surface area contributed by atoms with E-state index in [9.17, 15) is 14.4 Å². The molecular formula is C19H31ClN4O3. The van der Waals surface area contributed by atoms with Gasteiger partial charge >= 0.3 is 6.03 Å². The quantitative estimate of drug-likeness (QED) is 0.611. The van der Waals surface area contributed by atoms with Crippen molar-refractivity contribution in [3.05, 3.63) is 0 Å². The topological polar surface area (TPSA) is 105 Å². The number of nitrogens with zero attached hydrogens (tertiary/aromatic N) is 1. The first kappa shape index (κ1) is 20.4. The summed E-state index contributed by atoms with van der Waals surface area (Å²) in [7, 11) is 0. The van der Waals surface area contributed by atoms with Crippen LogP contribution >= 0.6 is 12.4 Å². The third-order valence-corrected chi connectivity index (χ3v) is 7.46. The number of hydrogen-bond donors (Lipinski definition) is 3. The highest BCUT2D eigenvalue weighted by Crippen LogP contribution is 2.43. The minimum Gasteiger partial charge on any atom is -0.342 e. The van der Waals surface area contributed by atoms with Crippen LogP contribution in [0.5, 0.6) is 0 Å². The molecule has 4 rings (SSSR count). The highest BCUT2D eigenvalue weighted by molar-refractivity contribution is 6.07. The highest BCUT2D eigenvalue weighted by Gasteiger charge is 2.49. The van der Waals surface area contributed by atoms with Gasteiger partial charge in [-0.2, -0.15) is 0 Å². The van der Waals surface area contributed by atoms with Crippen molar-refractivity contribution in [1.82, 2.24) is 15.5 Å². The number of amides is 4. The number of rotatable bonds is 2. The van der Waals surface area contributed by atoms with E-state index in [1.165, 1.54) is 6.42 Å². The molecule has 2 heterocycles. The molecule has 2 aliphatic carbocycles. The number of fused-ring (bicyclic) bond motifs is 2. The Morgan fingerprint density at radius 3 is 2.22 bits per heavy atom. The lowest BCUT2D eigenvalue weighted by Crippen LogP contribution is -2.55. The fourth-order valence-corrected chi connectivity index (χ4v) is 5.77. The Hall–Kier alpha value is -1.34. The summed E-state index contributed by atoms with van der Waals surface area (Å²) < 4.78 is 0. The van der Waals surface area contributed by atoms with Crippen LogP contribution in [-0.2, 0) is 9.59 Å². The number of nitrogens with one attached hydrogen (secondary N) is 2. The fraction of sp³-hybridized carbons (Fsp3) is 0.842. The van der Waals surface area contributed by atoms with E-state index < -0.39 is 11.6 Å². The lowest BCUT2D eigenvalue weighted by atomic mass is 9.64. The zero-order valence-electron chi connectivity index (χ0n) is 15.9. The Bertz CT molecular complexity index is 608. The molecule has 27 heavy (non-hydrogen) atoms. The maximum Gasteiger partial charge on any atom is 0.322 e. The van der Waals surface area contributed by atoms with Gasteiger partial charge < -0.3 is 16.0 Å². The molecule has 0 aromatic rings. The zero-order valence-corrected chi connectivity index (χ0v) is 16.7. The molecule has 4 aliphatic rings. The van der Waals surface area contributed by atoms with Gasteiger partial charge in [-0.25, -0.2) is 4.79 Å². The van der Waals surface area contributed by atoms with Crippen molar-refractivity contribution in [2.75, 3.05) is 13.1 Å². The largest absolute Gasteiger partial charge is 0.342 e. The Balaban J connectivity index is 0.00000210. The van der Waals surface area contributed by atoms with E-state index in [2.05, 4.69) is 10.6 Å². The smallest absolute Gasteiger partial charge is 0.322 e. The molecule has 2 saturated heterocycles. The van der Waals surface area contributed by atoms with E-state index in [1.54, 1.807) is 6.92 Å². The molecule has 4 fully saturated rings. The number of halogens is 1. The number of hydrogen-bond acceptors (Lipinski definition) is 4. The van der Waals surface area contributed by atoms with Gasteiger partial charge in [0.25, 0.3) is 5.91 Å². The molecule has 152 valence electrons. The van der Waals surface area contributed by atoms with Gasteiger partial charge in [-0.1, -0.05) is 6.42 Å². The monoisotopic (exact) mass is 398 g/mol. The fourth-order valence-electron chi connectivity index (χ4n) is 5.77. The predicted octanol–water partition coefficient (Wildman–Crippen LogP) is 1.40. The molecular weight excluding hydrogens is 368 g/mol. The third-order valence-electron chi connectivity index (χ3n) is 7.46. The van der Waals surface area contributed by atoms with Gasteiger partial charge in [-0.05, 0) is 63.2 Å². The van der Waals surface area contributed by atoms with E-state index >= 15 is 0 Å². The molecule has 7 nitrogen and oxygen atoms in total.